The van der Waals surface area contributed by atoms with Crippen LogP contribution in [0, 0.1) is 0 Å². The minimum Gasteiger partial charge on any atom is -0.431 e. The second-order valence-electron chi connectivity index (χ2n) is 8.37. The smallest absolute Gasteiger partial charge is 0.429 e. The number of hydrogen-bond donors (Lipinski definition) is 0. The number of anilines is 1. The van der Waals surface area contributed by atoms with Crippen LogP contribution in [0.4, 0.5) is 23.7 Å². The van der Waals surface area contributed by atoms with Crippen molar-refractivity contribution in [2.45, 2.75) is 12.3 Å². The first kappa shape index (κ1) is 22.8. The van der Waals surface area contributed by atoms with Crippen LogP contribution in [-0.4, -0.2) is 62.7 Å². The van der Waals surface area contributed by atoms with Gasteiger partial charge in [0.1, 0.15) is 0 Å². The van der Waals surface area contributed by atoms with E-state index in [0.29, 0.717) is 13.1 Å². The van der Waals surface area contributed by atoms with E-state index < -0.39 is 18.4 Å². The predicted octanol–water partition coefficient (Wildman–Crippen LogP) is 4.30. The number of benzene rings is 1. The lowest BCUT2D eigenvalue weighted by molar-refractivity contribution is -0.208. The molecule has 1 aliphatic heterocycles. The number of fused-ring (bicyclic) bond motifs is 1. The van der Waals surface area contributed by atoms with Gasteiger partial charge in [-0.05, 0) is 6.07 Å². The predicted molar refractivity (Wildman–Crippen MR) is 123 cm³/mol. The third kappa shape index (κ3) is 4.66. The number of rotatable bonds is 4. The number of hydrogen-bond acceptors (Lipinski definition) is 5. The normalized spacial score (nSPS) is 15.4. The Balaban J connectivity index is 1.25. The first-order valence-corrected chi connectivity index (χ1v) is 11.1. The molecule has 1 aliphatic rings. The summed E-state index contributed by atoms with van der Waals surface area (Å²) in [5.74, 6) is 0. The van der Waals surface area contributed by atoms with Crippen molar-refractivity contribution < 1.29 is 22.7 Å². The fraction of sp³-hybridized carbons (Fsp3) is 0.292. The molecule has 182 valence electrons. The third-order valence-electron chi connectivity index (χ3n) is 6.03. The molecule has 0 aliphatic carbocycles. The van der Waals surface area contributed by atoms with Gasteiger partial charge in [0.2, 0.25) is 6.10 Å². The zero-order valence-electron chi connectivity index (χ0n) is 18.9. The minimum atomic E-state index is -4.70. The Bertz CT molecular complexity index is 1330. The zero-order chi connectivity index (χ0) is 24.6. The molecule has 1 aromatic carbocycles. The van der Waals surface area contributed by atoms with Crippen LogP contribution >= 0.6 is 0 Å². The lowest BCUT2D eigenvalue weighted by Crippen LogP contribution is -2.49. The van der Waals surface area contributed by atoms with Gasteiger partial charge in [0.25, 0.3) is 0 Å². The molecular formula is C24H23F3N6O2. The molecule has 1 amide bonds. The Morgan fingerprint density at radius 2 is 1.69 bits per heavy atom. The Hall–Kier alpha value is -4.02. The summed E-state index contributed by atoms with van der Waals surface area (Å²) in [7, 11) is 1.86. The highest BCUT2D eigenvalue weighted by Crippen LogP contribution is 2.36. The number of aryl methyl sites for hydroxylation is 1. The van der Waals surface area contributed by atoms with Crippen molar-refractivity contribution in [3.63, 3.8) is 0 Å². The van der Waals surface area contributed by atoms with E-state index in [4.69, 9.17) is 4.74 Å². The summed E-state index contributed by atoms with van der Waals surface area (Å²) in [6.07, 6.45) is -0.601. The Kier molecular flexibility index (Phi) is 5.83. The van der Waals surface area contributed by atoms with E-state index in [0.717, 1.165) is 22.3 Å². The molecule has 1 atom stereocenters. The van der Waals surface area contributed by atoms with Crippen molar-refractivity contribution >= 4 is 17.3 Å². The zero-order valence-corrected chi connectivity index (χ0v) is 18.9. The van der Waals surface area contributed by atoms with Gasteiger partial charge in [-0.25, -0.2) is 9.31 Å². The van der Waals surface area contributed by atoms with E-state index >= 15 is 0 Å². The second-order valence-corrected chi connectivity index (χ2v) is 8.37. The number of aromatic nitrogens is 4. The highest BCUT2D eigenvalue weighted by Gasteiger charge is 2.45. The first-order chi connectivity index (χ1) is 16.8. The number of pyridine rings is 1. The van der Waals surface area contributed by atoms with Crippen LogP contribution in [0.1, 0.15) is 11.7 Å². The highest BCUT2D eigenvalue weighted by atomic mass is 19.4. The number of piperazine rings is 1. The molecule has 0 unspecified atom stereocenters. The molecule has 4 aromatic rings. The number of nitrogens with zero attached hydrogens (tertiary/aromatic N) is 6. The summed E-state index contributed by atoms with van der Waals surface area (Å²) >= 11 is 0. The molecule has 0 radical (unpaired) electrons. The van der Waals surface area contributed by atoms with Crippen molar-refractivity contribution in [3.05, 3.63) is 72.8 Å². The van der Waals surface area contributed by atoms with Crippen molar-refractivity contribution in [1.29, 1.82) is 0 Å². The van der Waals surface area contributed by atoms with Crippen LogP contribution in [0.15, 0.2) is 67.3 Å². The van der Waals surface area contributed by atoms with E-state index in [1.165, 1.54) is 29.2 Å². The van der Waals surface area contributed by atoms with Gasteiger partial charge in [-0.3, -0.25) is 4.68 Å². The van der Waals surface area contributed by atoms with E-state index in [-0.39, 0.29) is 18.7 Å². The van der Waals surface area contributed by atoms with E-state index in [9.17, 15) is 18.0 Å². The fourth-order valence-corrected chi connectivity index (χ4v) is 4.21. The van der Waals surface area contributed by atoms with Crippen LogP contribution in [0.5, 0.6) is 0 Å². The first-order valence-electron chi connectivity index (χ1n) is 11.1. The van der Waals surface area contributed by atoms with Gasteiger partial charge in [0.15, 0.2) is 0 Å². The Morgan fingerprint density at radius 1 is 0.943 bits per heavy atom. The molecule has 5 rings (SSSR count). The number of halogens is 3. The van der Waals surface area contributed by atoms with Gasteiger partial charge in [-0.2, -0.15) is 23.4 Å². The monoisotopic (exact) mass is 484 g/mol. The third-order valence-corrected chi connectivity index (χ3v) is 6.03. The molecular weight excluding hydrogens is 461 g/mol. The summed E-state index contributed by atoms with van der Waals surface area (Å²) < 4.78 is 49.1. The molecule has 4 heterocycles. The summed E-state index contributed by atoms with van der Waals surface area (Å²) in [5, 5.41) is 8.65. The number of amides is 1. The maximum atomic E-state index is 13.5. The summed E-state index contributed by atoms with van der Waals surface area (Å²) in [6.45, 7) is 1.37. The average Bonchev–Trinajstić information content (AvgIpc) is 3.48. The number of carbonyl (C=O) groups excluding carboxylic acids is 1. The summed E-state index contributed by atoms with van der Waals surface area (Å²) in [6, 6.07) is 11.1. The van der Waals surface area contributed by atoms with Gasteiger partial charge in [0.05, 0.1) is 23.6 Å². The van der Waals surface area contributed by atoms with Crippen molar-refractivity contribution in [2.24, 2.45) is 7.05 Å². The number of alkyl halides is 3. The lowest BCUT2D eigenvalue weighted by atomic mass is 10.1. The van der Waals surface area contributed by atoms with Crippen LogP contribution in [0.2, 0.25) is 0 Å². The van der Waals surface area contributed by atoms with E-state index in [2.05, 4.69) is 15.1 Å². The Morgan fingerprint density at radius 3 is 2.34 bits per heavy atom. The van der Waals surface area contributed by atoms with Crippen molar-refractivity contribution in [2.75, 3.05) is 31.1 Å². The minimum absolute atomic E-state index is 0.107. The SMILES string of the molecule is Cn1cc(-c2ccc3c(N4CCN(C(=O)O[C@@H](c5ccccc5)C(F)(F)F)CC4)cnn3c2)cn1. The maximum absolute atomic E-state index is 13.5. The van der Waals surface area contributed by atoms with Gasteiger partial charge in [-0.1, -0.05) is 36.4 Å². The molecule has 0 bridgehead atoms. The molecule has 3 aromatic heterocycles. The van der Waals surface area contributed by atoms with Crippen molar-refractivity contribution in [3.8, 4) is 11.1 Å². The van der Waals surface area contributed by atoms with E-state index in [1.807, 2.05) is 31.6 Å². The lowest BCUT2D eigenvalue weighted by Gasteiger charge is -2.35. The fourth-order valence-electron chi connectivity index (χ4n) is 4.21. The second kappa shape index (κ2) is 8.97. The van der Waals surface area contributed by atoms with Gasteiger partial charge in [0, 0.05) is 62.3 Å². The van der Waals surface area contributed by atoms with Crippen LogP contribution in [-0.2, 0) is 11.8 Å². The molecule has 11 heteroatoms. The topological polar surface area (TPSA) is 67.9 Å². The molecule has 1 fully saturated rings. The molecule has 0 spiro atoms. The number of ether oxygens (including phenoxy) is 1. The van der Waals surface area contributed by atoms with Crippen LogP contribution < -0.4 is 4.90 Å². The highest BCUT2D eigenvalue weighted by molar-refractivity contribution is 5.76. The molecule has 8 nitrogen and oxygen atoms in total. The van der Waals surface area contributed by atoms with Gasteiger partial charge in [-0.15, -0.1) is 0 Å². The van der Waals surface area contributed by atoms with E-state index in [1.54, 1.807) is 27.7 Å². The molecule has 1 saturated heterocycles. The molecule has 0 saturated carbocycles. The van der Waals surface area contributed by atoms with Crippen LogP contribution in [0.3, 0.4) is 0 Å². The van der Waals surface area contributed by atoms with Crippen LogP contribution in [0.25, 0.3) is 16.6 Å². The maximum Gasteiger partial charge on any atom is 0.429 e. The van der Waals surface area contributed by atoms with Gasteiger partial charge >= 0.3 is 12.3 Å². The quantitative estimate of drug-likeness (QED) is 0.432. The summed E-state index contributed by atoms with van der Waals surface area (Å²) in [5.41, 5.74) is 3.64. The molecule has 35 heavy (non-hydrogen) atoms. The summed E-state index contributed by atoms with van der Waals surface area (Å²) in [4.78, 5) is 15.9. The average molecular weight is 484 g/mol. The van der Waals surface area contributed by atoms with Crippen molar-refractivity contribution in [1.82, 2.24) is 24.3 Å². The van der Waals surface area contributed by atoms with Gasteiger partial charge < -0.3 is 14.5 Å². The number of carbonyl (C=O) groups is 1. The molecule has 0 N–H and O–H groups in total. The largest absolute Gasteiger partial charge is 0.431 e. The Labute approximate surface area is 199 Å². The standard InChI is InChI=1S/C24H23F3N6O2/c1-30-15-19(13-28-30)18-7-8-20-21(14-29-33(20)16-18)31-9-11-32(12-10-31)23(34)35-22(24(25,26)27)17-5-3-2-4-6-17/h2-8,13-16,22H,9-12H2,1H3/t22-/m0/s1.